The first-order chi connectivity index (χ1) is 8.54. The van der Waals surface area contributed by atoms with E-state index in [1.807, 2.05) is 6.07 Å². The van der Waals surface area contributed by atoms with Gasteiger partial charge in [-0.05, 0) is 19.4 Å². The number of hydrogen-bond acceptors (Lipinski definition) is 5. The summed E-state index contributed by atoms with van der Waals surface area (Å²) in [7, 11) is 2.14. The zero-order valence-corrected chi connectivity index (χ0v) is 11.6. The highest BCUT2D eigenvalue weighted by molar-refractivity contribution is 5.41. The first-order valence-electron chi connectivity index (χ1n) is 6.61. The molecule has 0 spiro atoms. The van der Waals surface area contributed by atoms with Crippen molar-refractivity contribution < 1.29 is 0 Å². The van der Waals surface area contributed by atoms with Crippen molar-refractivity contribution in [2.24, 2.45) is 5.92 Å². The average molecular weight is 249 g/mol. The number of rotatable bonds is 3. The maximum Gasteiger partial charge on any atom is 0.227 e. The summed E-state index contributed by atoms with van der Waals surface area (Å²) in [6, 6.07) is 1.89. The molecule has 0 atom stereocenters. The van der Waals surface area contributed by atoms with Crippen LogP contribution >= 0.6 is 0 Å². The Kier molecular flexibility index (Phi) is 4.01. The van der Waals surface area contributed by atoms with Crippen LogP contribution in [0.25, 0.3) is 0 Å². The van der Waals surface area contributed by atoms with Crippen LogP contribution in [0.4, 0.5) is 11.8 Å². The van der Waals surface area contributed by atoms with Crippen LogP contribution in [0.15, 0.2) is 6.07 Å². The first-order valence-corrected chi connectivity index (χ1v) is 6.61. The van der Waals surface area contributed by atoms with Gasteiger partial charge in [0.05, 0.1) is 0 Å². The van der Waals surface area contributed by atoms with Gasteiger partial charge in [-0.25, -0.2) is 4.98 Å². The van der Waals surface area contributed by atoms with Gasteiger partial charge in [-0.3, -0.25) is 0 Å². The lowest BCUT2D eigenvalue weighted by Crippen LogP contribution is -2.45. The molecule has 5 nitrogen and oxygen atoms in total. The molecule has 100 valence electrons. The van der Waals surface area contributed by atoms with E-state index in [2.05, 4.69) is 40.7 Å². The van der Waals surface area contributed by atoms with E-state index < -0.39 is 0 Å². The molecular weight excluding hydrogens is 226 g/mol. The highest BCUT2D eigenvalue weighted by Gasteiger charge is 2.17. The first kappa shape index (κ1) is 13.1. The Balaban J connectivity index is 2.14. The molecule has 1 aromatic rings. The van der Waals surface area contributed by atoms with Crippen molar-refractivity contribution in [3.63, 3.8) is 0 Å². The van der Waals surface area contributed by atoms with Gasteiger partial charge in [0.1, 0.15) is 5.82 Å². The monoisotopic (exact) mass is 249 g/mol. The number of likely N-dealkylation sites (N-methyl/N-ethyl adjacent to an activating group) is 1. The largest absolute Gasteiger partial charge is 0.384 e. The number of nitrogens with two attached hydrogens (primary N) is 1. The van der Waals surface area contributed by atoms with Gasteiger partial charge in [-0.15, -0.1) is 0 Å². The Labute approximate surface area is 109 Å². The lowest BCUT2D eigenvalue weighted by molar-refractivity contribution is 0.311. The summed E-state index contributed by atoms with van der Waals surface area (Å²) in [6.07, 6.45) is 0.952. The fraction of sp³-hybridized carbons (Fsp3) is 0.692. The van der Waals surface area contributed by atoms with Crippen LogP contribution < -0.4 is 10.6 Å². The van der Waals surface area contributed by atoms with E-state index in [-0.39, 0.29) is 0 Å². The molecule has 1 aliphatic heterocycles. The van der Waals surface area contributed by atoms with E-state index in [1.54, 1.807) is 0 Å². The molecule has 1 aromatic heterocycles. The van der Waals surface area contributed by atoms with Gasteiger partial charge in [0.15, 0.2) is 0 Å². The van der Waals surface area contributed by atoms with Crippen molar-refractivity contribution in [2.45, 2.75) is 20.3 Å². The topological polar surface area (TPSA) is 58.3 Å². The van der Waals surface area contributed by atoms with Gasteiger partial charge < -0.3 is 15.5 Å². The minimum absolute atomic E-state index is 0.578. The highest BCUT2D eigenvalue weighted by atomic mass is 15.3. The van der Waals surface area contributed by atoms with Crippen molar-refractivity contribution in [3.05, 3.63) is 11.8 Å². The summed E-state index contributed by atoms with van der Waals surface area (Å²) < 4.78 is 0. The molecule has 0 aliphatic carbocycles. The summed E-state index contributed by atoms with van der Waals surface area (Å²) in [4.78, 5) is 13.5. The molecule has 5 heteroatoms. The van der Waals surface area contributed by atoms with Crippen LogP contribution in [0.5, 0.6) is 0 Å². The Morgan fingerprint density at radius 1 is 1.22 bits per heavy atom. The van der Waals surface area contributed by atoms with Crippen LogP contribution in [0, 0.1) is 5.92 Å². The molecule has 0 radical (unpaired) electrons. The molecule has 0 saturated carbocycles. The van der Waals surface area contributed by atoms with Crippen molar-refractivity contribution in [1.82, 2.24) is 14.9 Å². The van der Waals surface area contributed by atoms with Gasteiger partial charge in [-0.1, -0.05) is 13.8 Å². The minimum atomic E-state index is 0.578. The molecule has 1 fully saturated rings. The third-order valence-corrected chi connectivity index (χ3v) is 3.19. The molecule has 2 N–H and O–H groups in total. The lowest BCUT2D eigenvalue weighted by atomic mass is 10.1. The fourth-order valence-electron chi connectivity index (χ4n) is 2.17. The van der Waals surface area contributed by atoms with Crippen LogP contribution in [0.3, 0.4) is 0 Å². The Morgan fingerprint density at radius 2 is 1.89 bits per heavy atom. The van der Waals surface area contributed by atoms with Crippen LogP contribution in [0.1, 0.15) is 19.5 Å². The molecule has 0 amide bonds. The second-order valence-electron chi connectivity index (χ2n) is 5.47. The van der Waals surface area contributed by atoms with E-state index in [9.17, 15) is 0 Å². The number of nitrogen functional groups attached to an aromatic ring is 1. The second-order valence-corrected chi connectivity index (χ2v) is 5.47. The smallest absolute Gasteiger partial charge is 0.227 e. The van der Waals surface area contributed by atoms with Gasteiger partial charge in [0.2, 0.25) is 5.95 Å². The van der Waals surface area contributed by atoms with Crippen molar-refractivity contribution >= 4 is 11.8 Å². The molecule has 1 aliphatic rings. The highest BCUT2D eigenvalue weighted by Crippen LogP contribution is 2.16. The Bertz CT molecular complexity index is 396. The molecule has 0 aromatic carbocycles. The molecule has 2 rings (SSSR count). The molecule has 18 heavy (non-hydrogen) atoms. The quantitative estimate of drug-likeness (QED) is 0.866. The fourth-order valence-corrected chi connectivity index (χ4v) is 2.17. The minimum Gasteiger partial charge on any atom is -0.384 e. The third kappa shape index (κ3) is 3.32. The van der Waals surface area contributed by atoms with Gasteiger partial charge in [0, 0.05) is 37.9 Å². The van der Waals surface area contributed by atoms with E-state index >= 15 is 0 Å². The zero-order chi connectivity index (χ0) is 13.1. The Morgan fingerprint density at radius 3 is 2.50 bits per heavy atom. The number of nitrogens with zero attached hydrogens (tertiary/aromatic N) is 4. The predicted molar refractivity (Wildman–Crippen MR) is 74.7 cm³/mol. The van der Waals surface area contributed by atoms with E-state index in [0.29, 0.717) is 11.7 Å². The van der Waals surface area contributed by atoms with Crippen molar-refractivity contribution in [2.75, 3.05) is 43.9 Å². The summed E-state index contributed by atoms with van der Waals surface area (Å²) in [5.41, 5.74) is 6.93. The summed E-state index contributed by atoms with van der Waals surface area (Å²) >= 11 is 0. The van der Waals surface area contributed by atoms with Crippen molar-refractivity contribution in [1.29, 1.82) is 0 Å². The zero-order valence-electron chi connectivity index (χ0n) is 11.6. The van der Waals surface area contributed by atoms with Gasteiger partial charge >= 0.3 is 0 Å². The van der Waals surface area contributed by atoms with Gasteiger partial charge in [-0.2, -0.15) is 4.98 Å². The predicted octanol–water partition coefficient (Wildman–Crippen LogP) is 1.01. The SMILES string of the molecule is CC(C)Cc1cc(N)nc(N2CCN(C)CC2)n1. The summed E-state index contributed by atoms with van der Waals surface area (Å²) in [6.45, 7) is 8.43. The van der Waals surface area contributed by atoms with Gasteiger partial charge in [0.25, 0.3) is 0 Å². The molecular formula is C13H23N5. The molecule has 0 bridgehead atoms. The van der Waals surface area contributed by atoms with E-state index in [0.717, 1.165) is 44.2 Å². The Hall–Kier alpha value is -1.36. The number of piperazine rings is 1. The van der Waals surface area contributed by atoms with Crippen LogP contribution in [0.2, 0.25) is 0 Å². The summed E-state index contributed by atoms with van der Waals surface area (Å²) in [5, 5.41) is 0. The van der Waals surface area contributed by atoms with Crippen LogP contribution in [-0.2, 0) is 6.42 Å². The maximum atomic E-state index is 5.88. The number of hydrogen-bond donors (Lipinski definition) is 1. The van der Waals surface area contributed by atoms with Crippen LogP contribution in [-0.4, -0.2) is 48.1 Å². The molecule has 1 saturated heterocycles. The van der Waals surface area contributed by atoms with E-state index in [1.165, 1.54) is 0 Å². The molecule has 2 heterocycles. The normalized spacial score (nSPS) is 17.4. The van der Waals surface area contributed by atoms with Crippen molar-refractivity contribution in [3.8, 4) is 0 Å². The van der Waals surface area contributed by atoms with E-state index in [4.69, 9.17) is 5.73 Å². The third-order valence-electron chi connectivity index (χ3n) is 3.19. The standard InChI is InChI=1S/C13H23N5/c1-10(2)8-11-9-12(14)16-13(15-11)18-6-4-17(3)5-7-18/h9-10H,4-8H2,1-3H3,(H2,14,15,16). The molecule has 0 unspecified atom stereocenters. The number of aromatic nitrogens is 2. The number of anilines is 2. The maximum absolute atomic E-state index is 5.88. The second kappa shape index (κ2) is 5.52. The average Bonchev–Trinajstić information content (AvgIpc) is 2.28. The lowest BCUT2D eigenvalue weighted by Gasteiger charge is -2.32. The summed E-state index contributed by atoms with van der Waals surface area (Å²) in [5.74, 6) is 1.95.